The minimum Gasteiger partial charge on any atom is -0.461 e. The lowest BCUT2D eigenvalue weighted by Gasteiger charge is -2.65. The maximum Gasteiger partial charge on any atom is 0.356 e. The van der Waals surface area contributed by atoms with Crippen LogP contribution in [0.1, 0.15) is 115 Å². The van der Waals surface area contributed by atoms with E-state index >= 15 is 0 Å². The van der Waals surface area contributed by atoms with Crippen molar-refractivity contribution in [3.63, 3.8) is 0 Å². The van der Waals surface area contributed by atoms with Crippen molar-refractivity contribution >= 4 is 56.6 Å². The second kappa shape index (κ2) is 13.0. The molecule has 6 rings (SSSR count). The van der Waals surface area contributed by atoms with Crippen LogP contribution in [0, 0.1) is 16.7 Å². The van der Waals surface area contributed by atoms with E-state index in [4.69, 9.17) is 27.9 Å². The number of carbonyl (C=O) groups excluding carboxylic acids is 2. The molecule has 9 nitrogen and oxygen atoms in total. The lowest BCUT2D eigenvalue weighted by Crippen LogP contribution is -2.65. The topological polar surface area (TPSA) is 129 Å². The standard InChI is InChI=1S/C34H48Cl2N4O5S/c1-31(2,3)26-15-25(38-30(42)37-24-12-10-11-23(35)27(24)36)28(39-26)29(41)45-13-8-6-7-9-14-46(43,44)40-34-18-22-16-32(4,20-34)19-33(5,17-22)21-34/h10-12,15,22,39-40H,6-9,13-14,16-21H2,1-5H3,(H2,37,38,42)/t22?,32-,33+,34?. The number of urea groups is 1. The Hall–Kier alpha value is -2.27. The molecule has 4 bridgehead atoms. The van der Waals surface area contributed by atoms with Gasteiger partial charge in [-0.2, -0.15) is 0 Å². The van der Waals surface area contributed by atoms with Crippen molar-refractivity contribution < 1.29 is 22.7 Å². The van der Waals surface area contributed by atoms with Gasteiger partial charge in [0.25, 0.3) is 0 Å². The van der Waals surface area contributed by atoms with Gasteiger partial charge in [-0.05, 0) is 86.3 Å². The van der Waals surface area contributed by atoms with E-state index in [0.29, 0.717) is 29.5 Å². The molecule has 0 spiro atoms. The Morgan fingerprint density at radius 2 is 1.61 bits per heavy atom. The van der Waals surface area contributed by atoms with Gasteiger partial charge in [-0.25, -0.2) is 22.7 Å². The number of anilines is 2. The molecule has 4 aliphatic carbocycles. The third-order valence-corrected chi connectivity index (χ3v) is 12.2. The Labute approximate surface area is 283 Å². The van der Waals surface area contributed by atoms with Gasteiger partial charge >= 0.3 is 12.0 Å². The molecule has 4 N–H and O–H groups in total. The maximum atomic E-state index is 13.1. The zero-order chi connectivity index (χ0) is 33.5. The average molecular weight is 696 g/mol. The summed E-state index contributed by atoms with van der Waals surface area (Å²) >= 11 is 12.2. The number of hydrogen-bond donors (Lipinski definition) is 4. The van der Waals surface area contributed by atoms with Crippen LogP contribution in [0.2, 0.25) is 10.0 Å². The van der Waals surface area contributed by atoms with Crippen molar-refractivity contribution in [3.8, 4) is 0 Å². The van der Waals surface area contributed by atoms with Crippen molar-refractivity contribution in [2.75, 3.05) is 23.0 Å². The number of halogens is 2. The van der Waals surface area contributed by atoms with Gasteiger partial charge in [0.2, 0.25) is 10.0 Å². The van der Waals surface area contributed by atoms with Crippen LogP contribution >= 0.6 is 23.2 Å². The van der Waals surface area contributed by atoms with Gasteiger partial charge < -0.3 is 20.4 Å². The lowest BCUT2D eigenvalue weighted by atomic mass is 9.43. The number of unbranched alkanes of at least 4 members (excludes halogenated alkanes) is 3. The molecule has 0 aliphatic heterocycles. The second-order valence-electron chi connectivity index (χ2n) is 15.8. The zero-order valence-corrected chi connectivity index (χ0v) is 29.9. The van der Waals surface area contributed by atoms with Crippen LogP contribution in [-0.4, -0.2) is 43.3 Å². The summed E-state index contributed by atoms with van der Waals surface area (Å²) in [5.74, 6) is 0.151. The number of sulfonamides is 1. The summed E-state index contributed by atoms with van der Waals surface area (Å²) in [5.41, 5.74) is 1.41. The summed E-state index contributed by atoms with van der Waals surface area (Å²) in [6.45, 7) is 10.8. The van der Waals surface area contributed by atoms with E-state index in [0.717, 1.165) is 37.8 Å². The van der Waals surface area contributed by atoms with Crippen LogP contribution in [0.25, 0.3) is 0 Å². The zero-order valence-electron chi connectivity index (χ0n) is 27.6. The van der Waals surface area contributed by atoms with Gasteiger partial charge in [0.15, 0.2) is 0 Å². The number of hydrogen-bond acceptors (Lipinski definition) is 5. The summed E-state index contributed by atoms with van der Waals surface area (Å²) < 4.78 is 35.0. The molecule has 4 fully saturated rings. The Morgan fingerprint density at radius 3 is 2.26 bits per heavy atom. The molecular weight excluding hydrogens is 647 g/mol. The van der Waals surface area contributed by atoms with Crippen LogP contribution in [0.4, 0.5) is 16.2 Å². The van der Waals surface area contributed by atoms with Gasteiger partial charge in [0.05, 0.1) is 33.8 Å². The molecule has 4 atom stereocenters. The average Bonchev–Trinajstić information content (AvgIpc) is 3.32. The number of aromatic amines is 1. The molecular formula is C34H48Cl2N4O5S. The summed E-state index contributed by atoms with van der Waals surface area (Å²) in [6.07, 6.45) is 9.15. The van der Waals surface area contributed by atoms with Crippen molar-refractivity contribution in [1.29, 1.82) is 0 Å². The van der Waals surface area contributed by atoms with Gasteiger partial charge in [-0.1, -0.05) is 76.7 Å². The molecule has 12 heteroatoms. The van der Waals surface area contributed by atoms with Crippen LogP contribution in [-0.2, 0) is 20.2 Å². The van der Waals surface area contributed by atoms with Crippen molar-refractivity contribution in [2.45, 2.75) is 110 Å². The van der Waals surface area contributed by atoms with E-state index in [1.165, 1.54) is 19.3 Å². The number of amides is 2. The van der Waals surface area contributed by atoms with E-state index in [2.05, 4.69) is 34.2 Å². The molecule has 4 aliphatic rings. The smallest absolute Gasteiger partial charge is 0.356 e. The fourth-order valence-corrected chi connectivity index (χ4v) is 10.8. The molecule has 1 heterocycles. The Bertz CT molecular complexity index is 1570. The van der Waals surface area contributed by atoms with Crippen molar-refractivity contribution in [2.24, 2.45) is 16.7 Å². The van der Waals surface area contributed by atoms with E-state index in [9.17, 15) is 18.0 Å². The van der Waals surface area contributed by atoms with Gasteiger partial charge in [-0.3, -0.25) is 0 Å². The fraction of sp³-hybridized carbons (Fsp3) is 0.647. The Balaban J connectivity index is 1.08. The van der Waals surface area contributed by atoms with Gasteiger partial charge in [0, 0.05) is 16.6 Å². The third kappa shape index (κ3) is 8.23. The molecule has 254 valence electrons. The minimum atomic E-state index is -3.38. The Morgan fingerprint density at radius 1 is 0.957 bits per heavy atom. The summed E-state index contributed by atoms with van der Waals surface area (Å²) in [6, 6.07) is 6.03. The van der Waals surface area contributed by atoms with Crippen LogP contribution in [0.5, 0.6) is 0 Å². The normalized spacial score (nSPS) is 27.1. The largest absolute Gasteiger partial charge is 0.461 e. The number of esters is 1. The molecule has 2 amide bonds. The Kier molecular flexibility index (Phi) is 9.89. The SMILES string of the molecule is CC(C)(C)c1cc(NC(=O)Nc2cccc(Cl)c2Cl)c(C(=O)OCCCCCCS(=O)(=O)NC23CC4C[C@@](C)(C2)C[C@](C)(C4)C3)[nH]1. The first kappa shape index (κ1) is 35.0. The second-order valence-corrected chi connectivity index (χ2v) is 18.4. The first-order chi connectivity index (χ1) is 21.4. The molecule has 2 unspecified atom stereocenters. The molecule has 0 radical (unpaired) electrons. The van der Waals surface area contributed by atoms with E-state index < -0.39 is 22.0 Å². The lowest BCUT2D eigenvalue weighted by molar-refractivity contribution is -0.110. The van der Waals surface area contributed by atoms with E-state index in [1.807, 2.05) is 20.8 Å². The molecule has 2 aromatic rings. The summed E-state index contributed by atoms with van der Waals surface area (Å²) in [7, 11) is -3.38. The fourth-order valence-electron chi connectivity index (χ4n) is 8.92. The van der Waals surface area contributed by atoms with E-state index in [-0.39, 0.29) is 50.5 Å². The molecule has 4 saturated carbocycles. The number of nitrogens with one attached hydrogen (secondary N) is 4. The number of rotatable bonds is 12. The maximum absolute atomic E-state index is 13.1. The van der Waals surface area contributed by atoms with Gasteiger partial charge in [0.1, 0.15) is 5.69 Å². The number of H-pyrrole nitrogens is 1. The van der Waals surface area contributed by atoms with Gasteiger partial charge in [-0.15, -0.1) is 0 Å². The molecule has 1 aromatic heterocycles. The highest BCUT2D eigenvalue weighted by molar-refractivity contribution is 7.89. The quantitative estimate of drug-likeness (QED) is 0.131. The number of aromatic nitrogens is 1. The molecule has 1 aromatic carbocycles. The highest BCUT2D eigenvalue weighted by Crippen LogP contribution is 2.66. The van der Waals surface area contributed by atoms with Crippen LogP contribution in [0.15, 0.2) is 24.3 Å². The molecule has 46 heavy (non-hydrogen) atoms. The van der Waals surface area contributed by atoms with Crippen LogP contribution < -0.4 is 15.4 Å². The minimum absolute atomic E-state index is 0.113. The predicted molar refractivity (Wildman–Crippen MR) is 184 cm³/mol. The number of carbonyl (C=O) groups is 2. The third-order valence-electron chi connectivity index (χ3n) is 9.82. The van der Waals surface area contributed by atoms with Crippen LogP contribution in [0.3, 0.4) is 0 Å². The highest BCUT2D eigenvalue weighted by atomic mass is 35.5. The number of ether oxygens (including phenoxy) is 1. The first-order valence-corrected chi connectivity index (χ1v) is 18.7. The number of benzene rings is 1. The molecule has 0 saturated heterocycles. The monoisotopic (exact) mass is 694 g/mol. The highest BCUT2D eigenvalue weighted by Gasteiger charge is 2.60. The van der Waals surface area contributed by atoms with E-state index in [1.54, 1.807) is 24.3 Å². The summed E-state index contributed by atoms with van der Waals surface area (Å²) in [4.78, 5) is 29.0. The van der Waals surface area contributed by atoms with Crippen molar-refractivity contribution in [3.05, 3.63) is 45.7 Å². The predicted octanol–water partition coefficient (Wildman–Crippen LogP) is 8.65. The van der Waals surface area contributed by atoms with Crippen molar-refractivity contribution in [1.82, 2.24) is 9.71 Å². The first-order valence-electron chi connectivity index (χ1n) is 16.3. The summed E-state index contributed by atoms with van der Waals surface area (Å²) in [5, 5.41) is 5.89.